The van der Waals surface area contributed by atoms with E-state index in [2.05, 4.69) is 10.3 Å². The maximum absolute atomic E-state index is 13.1. The summed E-state index contributed by atoms with van der Waals surface area (Å²) in [6, 6.07) is 15.4. The van der Waals surface area contributed by atoms with Gasteiger partial charge in [0.15, 0.2) is 4.96 Å². The summed E-state index contributed by atoms with van der Waals surface area (Å²) in [5, 5.41) is 4.68. The number of benzene rings is 2. The molecule has 0 saturated heterocycles. The van der Waals surface area contributed by atoms with Crippen molar-refractivity contribution >= 4 is 39.7 Å². The number of rotatable bonds is 4. The van der Waals surface area contributed by atoms with Crippen molar-refractivity contribution in [3.05, 3.63) is 81.6 Å². The van der Waals surface area contributed by atoms with Crippen LogP contribution in [0.5, 0.6) is 0 Å². The molecule has 0 unspecified atom stereocenters. The van der Waals surface area contributed by atoms with Gasteiger partial charge < -0.3 is 5.32 Å². The molecule has 0 aliphatic heterocycles. The molecule has 1 N–H and O–H groups in total. The first-order valence-corrected chi connectivity index (χ1v) is 10.7. The van der Waals surface area contributed by atoms with Crippen LogP contribution in [0.2, 0.25) is 0 Å². The van der Waals surface area contributed by atoms with Crippen molar-refractivity contribution in [2.75, 3.05) is 11.6 Å². The van der Waals surface area contributed by atoms with E-state index in [1.165, 1.54) is 21.9 Å². The molecular formula is C21H17N3O2S2. The molecule has 5 nitrogen and oxygen atoms in total. The van der Waals surface area contributed by atoms with Crippen LogP contribution >= 0.6 is 23.1 Å². The highest BCUT2D eigenvalue weighted by Gasteiger charge is 2.17. The summed E-state index contributed by atoms with van der Waals surface area (Å²) in [4.78, 5) is 31.7. The quantitative estimate of drug-likeness (QED) is 0.498. The third-order valence-electron chi connectivity index (χ3n) is 4.37. The van der Waals surface area contributed by atoms with E-state index >= 15 is 0 Å². The van der Waals surface area contributed by atoms with E-state index in [0.717, 1.165) is 21.7 Å². The molecule has 2 heterocycles. The Morgan fingerprint density at radius 3 is 2.71 bits per heavy atom. The number of nitrogens with one attached hydrogen (secondary N) is 1. The molecule has 0 radical (unpaired) electrons. The lowest BCUT2D eigenvalue weighted by atomic mass is 10.1. The van der Waals surface area contributed by atoms with Gasteiger partial charge in [0, 0.05) is 22.2 Å². The second-order valence-electron chi connectivity index (χ2n) is 6.27. The van der Waals surface area contributed by atoms with Gasteiger partial charge in [0.2, 0.25) is 0 Å². The van der Waals surface area contributed by atoms with Gasteiger partial charge in [0.05, 0.1) is 5.69 Å². The van der Waals surface area contributed by atoms with Crippen molar-refractivity contribution in [2.24, 2.45) is 0 Å². The number of thiazole rings is 1. The number of hydrogen-bond acceptors (Lipinski definition) is 5. The van der Waals surface area contributed by atoms with Gasteiger partial charge in [-0.25, -0.2) is 4.98 Å². The normalized spacial score (nSPS) is 10.9. The first-order chi connectivity index (χ1) is 13.6. The number of anilines is 1. The summed E-state index contributed by atoms with van der Waals surface area (Å²) in [6.45, 7) is 2.01. The van der Waals surface area contributed by atoms with Crippen molar-refractivity contribution in [1.82, 2.24) is 9.38 Å². The predicted molar refractivity (Wildman–Crippen MR) is 116 cm³/mol. The first-order valence-electron chi connectivity index (χ1n) is 8.58. The van der Waals surface area contributed by atoms with Gasteiger partial charge in [-0.05, 0) is 36.9 Å². The summed E-state index contributed by atoms with van der Waals surface area (Å²) < 4.78 is 1.50. The van der Waals surface area contributed by atoms with Gasteiger partial charge in [0.1, 0.15) is 5.56 Å². The van der Waals surface area contributed by atoms with Crippen molar-refractivity contribution in [3.63, 3.8) is 0 Å². The predicted octanol–water partition coefficient (Wildman–Crippen LogP) is 4.71. The second-order valence-corrected chi connectivity index (χ2v) is 7.98. The summed E-state index contributed by atoms with van der Waals surface area (Å²) in [5.74, 6) is -0.466. The average Bonchev–Trinajstić information content (AvgIpc) is 3.14. The van der Waals surface area contributed by atoms with Gasteiger partial charge >= 0.3 is 0 Å². The number of carbonyl (C=O) groups is 1. The molecule has 2 aromatic heterocycles. The molecule has 0 spiro atoms. The lowest BCUT2D eigenvalue weighted by Gasteiger charge is -2.07. The van der Waals surface area contributed by atoms with E-state index in [9.17, 15) is 9.59 Å². The lowest BCUT2D eigenvalue weighted by molar-refractivity contribution is 0.102. The van der Waals surface area contributed by atoms with Crippen LogP contribution in [0.25, 0.3) is 16.2 Å². The molecule has 4 aromatic rings. The summed E-state index contributed by atoms with van der Waals surface area (Å²) >= 11 is 2.96. The number of fused-ring (bicyclic) bond motifs is 1. The highest BCUT2D eigenvalue weighted by Crippen LogP contribution is 2.24. The van der Waals surface area contributed by atoms with Crippen LogP contribution in [0.15, 0.2) is 69.8 Å². The van der Waals surface area contributed by atoms with Crippen molar-refractivity contribution in [2.45, 2.75) is 11.8 Å². The summed E-state index contributed by atoms with van der Waals surface area (Å²) in [6.07, 6.45) is 3.31. The number of thioether (sulfide) groups is 1. The fourth-order valence-electron chi connectivity index (χ4n) is 2.87. The molecule has 28 heavy (non-hydrogen) atoms. The van der Waals surface area contributed by atoms with Crippen LogP contribution in [0.1, 0.15) is 15.9 Å². The highest BCUT2D eigenvalue weighted by atomic mass is 32.2. The molecule has 0 aliphatic rings. The average molecular weight is 408 g/mol. The largest absolute Gasteiger partial charge is 0.322 e. The minimum absolute atomic E-state index is 0.0128. The van der Waals surface area contributed by atoms with Gasteiger partial charge in [-0.3, -0.25) is 14.0 Å². The Labute approximate surface area is 170 Å². The molecule has 4 rings (SSSR count). The Bertz CT molecular complexity index is 1230. The number of hydrogen-bond donors (Lipinski definition) is 1. The van der Waals surface area contributed by atoms with Gasteiger partial charge in [-0.15, -0.1) is 23.1 Å². The zero-order valence-corrected chi connectivity index (χ0v) is 16.9. The molecule has 0 bridgehead atoms. The first kappa shape index (κ1) is 18.5. The Morgan fingerprint density at radius 1 is 1.18 bits per heavy atom. The summed E-state index contributed by atoms with van der Waals surface area (Å²) in [7, 11) is 0. The minimum Gasteiger partial charge on any atom is -0.322 e. The molecular weight excluding hydrogens is 390 g/mol. The molecule has 0 fully saturated rings. The molecule has 140 valence electrons. The van der Waals surface area contributed by atoms with E-state index < -0.39 is 5.91 Å². The monoisotopic (exact) mass is 407 g/mol. The molecule has 7 heteroatoms. The second kappa shape index (κ2) is 7.61. The van der Waals surface area contributed by atoms with Crippen LogP contribution in [-0.2, 0) is 0 Å². The van der Waals surface area contributed by atoms with Gasteiger partial charge in [0.25, 0.3) is 11.5 Å². The van der Waals surface area contributed by atoms with Crippen molar-refractivity contribution in [1.29, 1.82) is 0 Å². The maximum atomic E-state index is 13.1. The molecule has 0 atom stereocenters. The van der Waals surface area contributed by atoms with Crippen LogP contribution in [-0.4, -0.2) is 21.5 Å². The third kappa shape index (κ3) is 3.46. The number of amides is 1. The molecule has 0 saturated carbocycles. The fourth-order valence-corrected chi connectivity index (χ4v) is 4.19. The SMILES string of the molecule is CSc1cccc(NC(=O)c2cnc3scc(-c4ccc(C)cc4)n3c2=O)c1. The smallest absolute Gasteiger partial charge is 0.271 e. The lowest BCUT2D eigenvalue weighted by Crippen LogP contribution is -2.26. The number of carbonyl (C=O) groups excluding carboxylic acids is 1. The minimum atomic E-state index is -0.466. The van der Waals surface area contributed by atoms with Crippen molar-refractivity contribution < 1.29 is 4.79 Å². The summed E-state index contributed by atoms with van der Waals surface area (Å²) in [5.41, 5.74) is 3.06. The Balaban J connectivity index is 1.74. The molecule has 0 aliphatic carbocycles. The van der Waals surface area contributed by atoms with Crippen LogP contribution in [0, 0.1) is 6.92 Å². The van der Waals surface area contributed by atoms with E-state index in [1.54, 1.807) is 17.8 Å². The number of nitrogens with zero attached hydrogens (tertiary/aromatic N) is 2. The van der Waals surface area contributed by atoms with Crippen LogP contribution in [0.3, 0.4) is 0 Å². The molecule has 2 aromatic carbocycles. The zero-order chi connectivity index (χ0) is 19.7. The van der Waals surface area contributed by atoms with E-state index in [0.29, 0.717) is 10.6 Å². The standard InChI is InChI=1S/C21H17N3O2S2/c1-13-6-8-14(9-7-13)18-12-28-21-22-11-17(20(26)24(18)21)19(25)23-15-4-3-5-16(10-15)27-2/h3-12H,1-2H3,(H,23,25). The topological polar surface area (TPSA) is 63.5 Å². The van der Waals surface area contributed by atoms with E-state index in [4.69, 9.17) is 0 Å². The zero-order valence-electron chi connectivity index (χ0n) is 15.3. The van der Waals surface area contributed by atoms with Gasteiger partial charge in [-0.1, -0.05) is 35.9 Å². The van der Waals surface area contributed by atoms with Crippen LogP contribution < -0.4 is 10.9 Å². The third-order valence-corrected chi connectivity index (χ3v) is 5.93. The Morgan fingerprint density at radius 2 is 1.96 bits per heavy atom. The number of aromatic nitrogens is 2. The number of aryl methyl sites for hydroxylation is 1. The van der Waals surface area contributed by atoms with E-state index in [1.807, 2.05) is 61.0 Å². The van der Waals surface area contributed by atoms with Gasteiger partial charge in [-0.2, -0.15) is 0 Å². The van der Waals surface area contributed by atoms with Crippen molar-refractivity contribution in [3.8, 4) is 11.3 Å². The molecule has 1 amide bonds. The maximum Gasteiger partial charge on any atom is 0.271 e. The Hall–Kier alpha value is -2.90. The fraction of sp³-hybridized carbons (Fsp3) is 0.0952. The van der Waals surface area contributed by atoms with Crippen LogP contribution in [0.4, 0.5) is 5.69 Å². The highest BCUT2D eigenvalue weighted by molar-refractivity contribution is 7.98. The van der Waals surface area contributed by atoms with E-state index in [-0.39, 0.29) is 11.1 Å². The Kier molecular flexibility index (Phi) is 5.02.